The maximum atomic E-state index is 9.58. The number of nitrogens with zero attached hydrogens (tertiary/aromatic N) is 1. The number of allylic oxidation sites excluding steroid dienone is 2. The molecule has 0 heterocycles. The topological polar surface area (TPSA) is 55.7 Å². The van der Waals surface area contributed by atoms with Gasteiger partial charge in [0.2, 0.25) is 0 Å². The third kappa shape index (κ3) is 8.37. The molecular formula is C29H38N2O2. The zero-order valence-corrected chi connectivity index (χ0v) is 20.1. The van der Waals surface area contributed by atoms with Crippen molar-refractivity contribution in [3.8, 4) is 23.0 Å². The molecule has 1 fully saturated rings. The van der Waals surface area contributed by atoms with E-state index in [9.17, 15) is 5.11 Å². The molecule has 4 nitrogen and oxygen atoms in total. The van der Waals surface area contributed by atoms with Crippen LogP contribution in [-0.4, -0.2) is 47.5 Å². The van der Waals surface area contributed by atoms with Crippen LogP contribution in [0.1, 0.15) is 50.7 Å². The van der Waals surface area contributed by atoms with Gasteiger partial charge in [-0.1, -0.05) is 68.2 Å². The average Bonchev–Trinajstić information content (AvgIpc) is 3.68. The zero-order valence-electron chi connectivity index (χ0n) is 20.1. The van der Waals surface area contributed by atoms with Gasteiger partial charge in [-0.25, -0.2) is 0 Å². The van der Waals surface area contributed by atoms with Gasteiger partial charge in [-0.2, -0.15) is 0 Å². The minimum Gasteiger partial charge on any atom is -0.394 e. The van der Waals surface area contributed by atoms with Gasteiger partial charge < -0.3 is 15.5 Å². The lowest BCUT2D eigenvalue weighted by Gasteiger charge is -2.23. The highest BCUT2D eigenvalue weighted by Crippen LogP contribution is 2.33. The molecule has 1 aliphatic carbocycles. The van der Waals surface area contributed by atoms with E-state index in [4.69, 9.17) is 5.11 Å². The Labute approximate surface area is 199 Å². The van der Waals surface area contributed by atoms with E-state index in [1.807, 2.05) is 13.0 Å². The summed E-state index contributed by atoms with van der Waals surface area (Å²) in [6, 6.07) is 17.1. The van der Waals surface area contributed by atoms with Gasteiger partial charge in [-0.05, 0) is 73.5 Å². The molecule has 0 radical (unpaired) electrons. The van der Waals surface area contributed by atoms with E-state index in [0.29, 0.717) is 0 Å². The van der Waals surface area contributed by atoms with Gasteiger partial charge in [0.25, 0.3) is 0 Å². The fourth-order valence-corrected chi connectivity index (χ4v) is 3.95. The molecule has 3 rings (SSSR count). The molecule has 0 spiro atoms. The summed E-state index contributed by atoms with van der Waals surface area (Å²) in [5.41, 5.74) is 5.53. The molecule has 0 bridgehead atoms. The number of aliphatic hydroxyl groups is 2. The van der Waals surface area contributed by atoms with Gasteiger partial charge in [0, 0.05) is 18.7 Å². The van der Waals surface area contributed by atoms with Crippen molar-refractivity contribution in [2.75, 3.05) is 26.2 Å². The Morgan fingerprint density at radius 1 is 1.18 bits per heavy atom. The molecule has 0 amide bonds. The number of aliphatic hydroxyl groups excluding tert-OH is 2. The quantitative estimate of drug-likeness (QED) is 0.418. The summed E-state index contributed by atoms with van der Waals surface area (Å²) in [6.07, 6.45) is 6.35. The molecule has 2 aromatic carbocycles. The summed E-state index contributed by atoms with van der Waals surface area (Å²) in [4.78, 5) is 2.59. The van der Waals surface area contributed by atoms with Crippen molar-refractivity contribution in [1.29, 1.82) is 0 Å². The van der Waals surface area contributed by atoms with Crippen molar-refractivity contribution in [3.63, 3.8) is 0 Å². The Bertz CT molecular complexity index is 955. The van der Waals surface area contributed by atoms with Crippen molar-refractivity contribution < 1.29 is 10.2 Å². The molecule has 176 valence electrons. The molecule has 1 atom stereocenters. The van der Waals surface area contributed by atoms with E-state index in [1.54, 1.807) is 0 Å². The number of nitrogens with one attached hydrogen (secondary N) is 1. The lowest BCUT2D eigenvalue weighted by Crippen LogP contribution is -2.28. The summed E-state index contributed by atoms with van der Waals surface area (Å²) in [5.74, 6) is 7.39. The monoisotopic (exact) mass is 446 g/mol. The molecule has 1 unspecified atom stereocenters. The minimum atomic E-state index is -0.793. The maximum Gasteiger partial charge on any atom is 0.0942 e. The minimum absolute atomic E-state index is 0.267. The Morgan fingerprint density at radius 3 is 2.64 bits per heavy atom. The molecule has 1 aliphatic rings. The van der Waals surface area contributed by atoms with E-state index >= 15 is 0 Å². The van der Waals surface area contributed by atoms with Crippen LogP contribution in [0.2, 0.25) is 0 Å². The van der Waals surface area contributed by atoms with Crippen LogP contribution in [0.3, 0.4) is 0 Å². The maximum absolute atomic E-state index is 9.58. The number of hydrogen-bond acceptors (Lipinski definition) is 4. The zero-order chi connectivity index (χ0) is 23.5. The normalized spacial score (nSPS) is 14.6. The second-order valence-electron chi connectivity index (χ2n) is 8.92. The van der Waals surface area contributed by atoms with Crippen LogP contribution in [0.4, 0.5) is 0 Å². The summed E-state index contributed by atoms with van der Waals surface area (Å²) >= 11 is 0. The second kappa shape index (κ2) is 13.2. The molecule has 0 aromatic heterocycles. The van der Waals surface area contributed by atoms with Crippen LogP contribution in [0, 0.1) is 17.8 Å². The van der Waals surface area contributed by atoms with Gasteiger partial charge >= 0.3 is 0 Å². The first-order chi connectivity index (χ1) is 16.1. The Kier molecular flexibility index (Phi) is 10.0. The van der Waals surface area contributed by atoms with Crippen molar-refractivity contribution >= 4 is 0 Å². The molecule has 0 aliphatic heterocycles. The molecule has 3 N–H and O–H groups in total. The lowest BCUT2D eigenvalue weighted by atomic mass is 9.97. The number of rotatable bonds is 12. The van der Waals surface area contributed by atoms with Crippen molar-refractivity contribution in [2.45, 2.75) is 52.2 Å². The molecule has 2 aromatic rings. The third-order valence-electron chi connectivity index (χ3n) is 6.04. The fraction of sp³-hybridized carbons (Fsp3) is 0.448. The van der Waals surface area contributed by atoms with Gasteiger partial charge in [-0.3, -0.25) is 4.90 Å². The highest BCUT2D eigenvalue weighted by Gasteiger charge is 2.22. The number of benzene rings is 2. The molecule has 33 heavy (non-hydrogen) atoms. The van der Waals surface area contributed by atoms with Gasteiger partial charge in [0.1, 0.15) is 0 Å². The van der Waals surface area contributed by atoms with Crippen LogP contribution in [0.15, 0.2) is 60.3 Å². The van der Waals surface area contributed by atoms with Crippen LogP contribution < -0.4 is 5.32 Å². The Balaban J connectivity index is 1.83. The molecule has 4 heteroatoms. The van der Waals surface area contributed by atoms with Crippen molar-refractivity contribution in [3.05, 3.63) is 71.4 Å². The summed E-state index contributed by atoms with van der Waals surface area (Å²) in [6.45, 7) is 7.36. The van der Waals surface area contributed by atoms with E-state index < -0.39 is 6.10 Å². The number of hydrogen-bond donors (Lipinski definition) is 3. The van der Waals surface area contributed by atoms with E-state index in [-0.39, 0.29) is 13.2 Å². The van der Waals surface area contributed by atoms with Crippen LogP contribution in [0.25, 0.3) is 11.1 Å². The highest BCUT2D eigenvalue weighted by atomic mass is 16.3. The Morgan fingerprint density at radius 2 is 1.97 bits per heavy atom. The first-order valence-electron chi connectivity index (χ1n) is 12.2. The van der Waals surface area contributed by atoms with Crippen LogP contribution in [0.5, 0.6) is 0 Å². The summed E-state index contributed by atoms with van der Waals surface area (Å²) in [7, 11) is 0. The highest BCUT2D eigenvalue weighted by molar-refractivity contribution is 5.68. The third-order valence-corrected chi connectivity index (χ3v) is 6.04. The van der Waals surface area contributed by atoms with Gasteiger partial charge in [-0.15, -0.1) is 0 Å². The lowest BCUT2D eigenvalue weighted by molar-refractivity contribution is 0.0968. The first kappa shape index (κ1) is 25.1. The summed E-state index contributed by atoms with van der Waals surface area (Å²) in [5, 5.41) is 21.7. The predicted molar refractivity (Wildman–Crippen MR) is 137 cm³/mol. The van der Waals surface area contributed by atoms with Crippen LogP contribution >= 0.6 is 0 Å². The Hall–Kier alpha value is -2.58. The molecular weight excluding hydrogens is 408 g/mol. The predicted octanol–water partition coefficient (Wildman–Crippen LogP) is 4.56. The molecule has 1 saturated carbocycles. The first-order valence-corrected chi connectivity index (χ1v) is 12.2. The van der Waals surface area contributed by atoms with Gasteiger partial charge in [0.05, 0.1) is 18.4 Å². The van der Waals surface area contributed by atoms with Crippen LogP contribution in [-0.2, 0) is 6.54 Å². The SMILES string of the molecule is CC=C(C#Cc1ccc(-c2ccccc2)c(CN(CCC)CCC2CC2)c1)NCC(O)CO. The summed E-state index contributed by atoms with van der Waals surface area (Å²) < 4.78 is 0. The van der Waals surface area contributed by atoms with Crippen molar-refractivity contribution in [2.24, 2.45) is 5.92 Å². The second-order valence-corrected chi connectivity index (χ2v) is 8.92. The average molecular weight is 447 g/mol. The largest absolute Gasteiger partial charge is 0.394 e. The van der Waals surface area contributed by atoms with Crippen molar-refractivity contribution in [1.82, 2.24) is 10.2 Å². The van der Waals surface area contributed by atoms with E-state index in [1.165, 1.54) is 36.0 Å². The smallest absolute Gasteiger partial charge is 0.0942 e. The fourth-order valence-electron chi connectivity index (χ4n) is 3.95. The van der Waals surface area contributed by atoms with Gasteiger partial charge in [0.15, 0.2) is 0 Å². The standard InChI is InChI=1S/C29H38N2O2/c1-3-17-31(18-16-23-10-11-23)21-26-19-24(12-14-27(4-2)30-20-28(33)22-32)13-15-29(26)25-8-6-5-7-9-25/h4-9,13,15,19,23,28,30,32-33H,3,10-11,16-18,20-22H2,1-2H3. The molecule has 0 saturated heterocycles. The van der Waals surface area contributed by atoms with E-state index in [0.717, 1.165) is 43.2 Å². The van der Waals surface area contributed by atoms with E-state index in [2.05, 4.69) is 77.5 Å².